The molecule has 0 aromatic heterocycles. The molecule has 1 saturated heterocycles. The van der Waals surface area contributed by atoms with Crippen molar-refractivity contribution in [2.75, 3.05) is 0 Å². The molecule has 0 radical (unpaired) electrons. The summed E-state index contributed by atoms with van der Waals surface area (Å²) in [5, 5.41) is 19.9. The molecule has 0 saturated carbocycles. The second kappa shape index (κ2) is 6.72. The zero-order chi connectivity index (χ0) is 17.1. The van der Waals surface area contributed by atoms with Gasteiger partial charge in [0.25, 0.3) is 11.8 Å². The molecule has 2 aromatic carbocycles. The molecular weight excluding hydrogens is 310 g/mol. The van der Waals surface area contributed by atoms with Crippen molar-refractivity contribution in [1.29, 1.82) is 0 Å². The third kappa shape index (κ3) is 3.38. The maximum atomic E-state index is 12.4. The third-order valence-corrected chi connectivity index (χ3v) is 3.94. The lowest BCUT2D eigenvalue weighted by Crippen LogP contribution is -2.31. The lowest BCUT2D eigenvalue weighted by Gasteiger charge is -2.15. The lowest BCUT2D eigenvalue weighted by atomic mass is 9.97. The first kappa shape index (κ1) is 16.0. The fourth-order valence-corrected chi connectivity index (χ4v) is 2.67. The molecule has 1 aliphatic heterocycles. The fourth-order valence-electron chi connectivity index (χ4n) is 2.67. The number of hydrogen-bond donors (Lipinski definition) is 2. The number of hydroxylamine groups is 2. The Morgan fingerprint density at radius 1 is 1.08 bits per heavy atom. The molecule has 1 aliphatic rings. The minimum absolute atomic E-state index is 0.0357. The summed E-state index contributed by atoms with van der Waals surface area (Å²) in [5.41, 5.74) is 1.36. The summed E-state index contributed by atoms with van der Waals surface area (Å²) in [6, 6.07) is 13.4. The second-order valence-corrected chi connectivity index (χ2v) is 5.70. The van der Waals surface area contributed by atoms with Crippen molar-refractivity contribution in [1.82, 2.24) is 5.06 Å². The van der Waals surface area contributed by atoms with E-state index < -0.39 is 11.8 Å². The van der Waals surface area contributed by atoms with Crippen LogP contribution >= 0.6 is 0 Å². The van der Waals surface area contributed by atoms with E-state index in [0.29, 0.717) is 5.56 Å². The van der Waals surface area contributed by atoms with Gasteiger partial charge >= 0.3 is 0 Å². The van der Waals surface area contributed by atoms with Gasteiger partial charge in [0, 0.05) is 12.5 Å². The number of hydrogen-bond acceptors (Lipinski definition) is 5. The fraction of sp³-hybridized carbons (Fsp3) is 0.222. The molecule has 6 heteroatoms. The molecule has 1 fully saturated rings. The number of aromatic hydroxyl groups is 2. The van der Waals surface area contributed by atoms with E-state index in [1.54, 1.807) is 0 Å². The van der Waals surface area contributed by atoms with Crippen LogP contribution in [0.2, 0.25) is 0 Å². The van der Waals surface area contributed by atoms with Crippen molar-refractivity contribution in [3.8, 4) is 11.5 Å². The maximum absolute atomic E-state index is 12.4. The third-order valence-electron chi connectivity index (χ3n) is 3.94. The van der Waals surface area contributed by atoms with Crippen molar-refractivity contribution < 1.29 is 24.6 Å². The quantitative estimate of drug-likeness (QED) is 0.822. The Kier molecular flexibility index (Phi) is 4.48. The lowest BCUT2D eigenvalue weighted by molar-refractivity contribution is -0.192. The Bertz CT molecular complexity index is 759. The number of carbonyl (C=O) groups excluding carboxylic acids is 2. The normalized spacial score (nSPS) is 17.5. The average Bonchev–Trinajstić information content (AvgIpc) is 2.83. The number of amides is 2. The van der Waals surface area contributed by atoms with E-state index in [9.17, 15) is 19.8 Å². The van der Waals surface area contributed by atoms with E-state index >= 15 is 0 Å². The van der Waals surface area contributed by atoms with Gasteiger partial charge in [-0.3, -0.25) is 14.4 Å². The Morgan fingerprint density at radius 2 is 1.83 bits per heavy atom. The number of rotatable bonds is 5. The van der Waals surface area contributed by atoms with E-state index in [1.807, 2.05) is 30.3 Å². The van der Waals surface area contributed by atoms with Gasteiger partial charge in [-0.15, -0.1) is 0 Å². The Hall–Kier alpha value is -2.86. The minimum atomic E-state index is -0.580. The van der Waals surface area contributed by atoms with Gasteiger partial charge in [0.2, 0.25) is 0 Å². The van der Waals surface area contributed by atoms with Gasteiger partial charge in [-0.1, -0.05) is 36.4 Å². The highest BCUT2D eigenvalue weighted by atomic mass is 16.7. The summed E-state index contributed by atoms with van der Waals surface area (Å²) in [6.45, 7) is 0.134. The second-order valence-electron chi connectivity index (χ2n) is 5.70. The van der Waals surface area contributed by atoms with Crippen LogP contribution in [-0.4, -0.2) is 27.1 Å². The largest absolute Gasteiger partial charge is 0.508 e. The minimum Gasteiger partial charge on any atom is -0.508 e. The van der Waals surface area contributed by atoms with Crippen molar-refractivity contribution in [3.63, 3.8) is 0 Å². The first-order chi connectivity index (χ1) is 11.5. The standard InChI is InChI=1S/C18H17NO5/c20-15-7-6-13(16(21)10-15)8-14-9-17(22)19(18(14)23)24-11-12-4-2-1-3-5-12/h1-7,10,14,20-21H,8-9,11H2. The molecule has 2 aromatic rings. The zero-order valence-electron chi connectivity index (χ0n) is 12.9. The highest BCUT2D eigenvalue weighted by Gasteiger charge is 2.40. The zero-order valence-corrected chi connectivity index (χ0v) is 12.9. The first-order valence-electron chi connectivity index (χ1n) is 7.59. The van der Waals surface area contributed by atoms with Crippen LogP contribution in [0.3, 0.4) is 0 Å². The van der Waals surface area contributed by atoms with Gasteiger partial charge in [0.05, 0.1) is 5.92 Å². The predicted octanol–water partition coefficient (Wildman–Crippen LogP) is 2.15. The summed E-state index contributed by atoms with van der Waals surface area (Å²) in [7, 11) is 0. The predicted molar refractivity (Wildman–Crippen MR) is 84.7 cm³/mol. The van der Waals surface area contributed by atoms with Crippen LogP contribution in [0.25, 0.3) is 0 Å². The van der Waals surface area contributed by atoms with Crippen LogP contribution in [0.4, 0.5) is 0 Å². The van der Waals surface area contributed by atoms with Crippen LogP contribution in [-0.2, 0) is 27.5 Å². The number of phenols is 2. The van der Waals surface area contributed by atoms with Crippen molar-refractivity contribution >= 4 is 11.8 Å². The van der Waals surface area contributed by atoms with Gasteiger partial charge in [0.15, 0.2) is 0 Å². The van der Waals surface area contributed by atoms with Gasteiger partial charge in [-0.25, -0.2) is 0 Å². The molecule has 24 heavy (non-hydrogen) atoms. The molecule has 1 heterocycles. The topological polar surface area (TPSA) is 87.1 Å². The molecule has 0 spiro atoms. The van der Waals surface area contributed by atoms with Crippen LogP contribution in [0.15, 0.2) is 48.5 Å². The summed E-state index contributed by atoms with van der Waals surface area (Å²) in [4.78, 5) is 29.8. The summed E-state index contributed by atoms with van der Waals surface area (Å²) in [6.07, 6.45) is 0.246. The number of carbonyl (C=O) groups is 2. The molecule has 0 bridgehead atoms. The highest BCUT2D eigenvalue weighted by molar-refractivity contribution is 6.02. The highest BCUT2D eigenvalue weighted by Crippen LogP contribution is 2.29. The van der Waals surface area contributed by atoms with Crippen molar-refractivity contribution in [3.05, 3.63) is 59.7 Å². The van der Waals surface area contributed by atoms with Gasteiger partial charge < -0.3 is 10.2 Å². The van der Waals surface area contributed by atoms with Gasteiger partial charge in [0.1, 0.15) is 18.1 Å². The van der Waals surface area contributed by atoms with Crippen LogP contribution in [0.5, 0.6) is 11.5 Å². The van der Waals surface area contributed by atoms with E-state index in [4.69, 9.17) is 4.84 Å². The maximum Gasteiger partial charge on any atom is 0.257 e. The van der Waals surface area contributed by atoms with E-state index in [0.717, 1.165) is 10.6 Å². The Morgan fingerprint density at radius 3 is 2.54 bits per heavy atom. The number of imide groups is 1. The SMILES string of the molecule is O=C1CC(Cc2ccc(O)cc2O)C(=O)N1OCc1ccccc1. The first-order valence-corrected chi connectivity index (χ1v) is 7.59. The van der Waals surface area contributed by atoms with Crippen LogP contribution < -0.4 is 0 Å². The smallest absolute Gasteiger partial charge is 0.257 e. The van der Waals surface area contributed by atoms with Crippen molar-refractivity contribution in [2.24, 2.45) is 5.92 Å². The summed E-state index contributed by atoms with van der Waals surface area (Å²) < 4.78 is 0. The molecule has 3 rings (SSSR count). The van der Waals surface area contributed by atoms with Crippen molar-refractivity contribution in [2.45, 2.75) is 19.4 Å². The monoisotopic (exact) mass is 327 g/mol. The Labute approximate surface area is 138 Å². The molecule has 1 unspecified atom stereocenters. The number of nitrogens with zero attached hydrogens (tertiary/aromatic N) is 1. The molecule has 2 amide bonds. The van der Waals surface area contributed by atoms with E-state index in [2.05, 4.69) is 0 Å². The molecule has 124 valence electrons. The Balaban J connectivity index is 1.65. The molecule has 6 nitrogen and oxygen atoms in total. The number of benzene rings is 2. The molecule has 1 atom stereocenters. The van der Waals surface area contributed by atoms with E-state index in [-0.39, 0.29) is 36.9 Å². The average molecular weight is 327 g/mol. The van der Waals surface area contributed by atoms with Crippen LogP contribution in [0.1, 0.15) is 17.5 Å². The molecule has 0 aliphatic carbocycles. The molecule has 2 N–H and O–H groups in total. The van der Waals surface area contributed by atoms with E-state index in [1.165, 1.54) is 18.2 Å². The van der Waals surface area contributed by atoms with Gasteiger partial charge in [-0.05, 0) is 23.6 Å². The summed E-state index contributed by atoms with van der Waals surface area (Å²) in [5.74, 6) is -1.54. The number of phenolic OH excluding ortho intramolecular Hbond substituents is 2. The summed E-state index contributed by atoms with van der Waals surface area (Å²) >= 11 is 0. The van der Waals surface area contributed by atoms with Gasteiger partial charge in [-0.2, -0.15) is 5.06 Å². The molecular formula is C18H17NO5. The van der Waals surface area contributed by atoms with Crippen LogP contribution in [0, 0.1) is 5.92 Å².